The summed E-state index contributed by atoms with van der Waals surface area (Å²) in [4.78, 5) is 0. The van der Waals surface area contributed by atoms with E-state index in [-0.39, 0.29) is 21.1 Å². The molecule has 2 rings (SSSR count). The van der Waals surface area contributed by atoms with Crippen LogP contribution in [0.5, 0.6) is 0 Å². The van der Waals surface area contributed by atoms with Gasteiger partial charge in [-0.1, -0.05) is 33.3 Å². The zero-order valence-corrected chi connectivity index (χ0v) is 19.6. The van der Waals surface area contributed by atoms with Crippen LogP contribution in [-0.4, -0.2) is 9.78 Å². The van der Waals surface area contributed by atoms with E-state index >= 15 is 0 Å². The van der Waals surface area contributed by atoms with Gasteiger partial charge in [-0.15, -0.1) is 0 Å². The second kappa shape index (κ2) is 8.67. The second-order valence-electron chi connectivity index (χ2n) is 7.79. The summed E-state index contributed by atoms with van der Waals surface area (Å²) in [5.74, 6) is 0.458. The van der Waals surface area contributed by atoms with Crippen molar-refractivity contribution in [1.82, 2.24) is 9.78 Å². The number of rotatable bonds is 5. The largest absolute Gasteiger partial charge is 0.266 e. The van der Waals surface area contributed by atoms with Crippen molar-refractivity contribution in [3.8, 4) is 11.1 Å². The summed E-state index contributed by atoms with van der Waals surface area (Å²) in [6.45, 7) is 20.3. The second-order valence-corrected chi connectivity index (χ2v) is 7.79. The van der Waals surface area contributed by atoms with Gasteiger partial charge in [0.2, 0.25) is 0 Å². The van der Waals surface area contributed by atoms with Crippen molar-refractivity contribution in [2.45, 2.75) is 87.1 Å². The molecule has 1 aromatic carbocycles. The van der Waals surface area contributed by atoms with Crippen LogP contribution < -0.4 is 0 Å². The van der Waals surface area contributed by atoms with Crippen LogP contribution in [0.1, 0.15) is 86.6 Å². The predicted molar refractivity (Wildman–Crippen MR) is 105 cm³/mol. The van der Waals surface area contributed by atoms with Crippen molar-refractivity contribution in [2.75, 3.05) is 0 Å². The van der Waals surface area contributed by atoms with Gasteiger partial charge in [-0.2, -0.15) is 5.10 Å². The Morgan fingerprint density at radius 3 is 1.84 bits per heavy atom. The Bertz CT molecular complexity index is 713. The zero-order valence-electron chi connectivity index (χ0n) is 17.4. The smallest absolute Gasteiger partial charge is 0.0706 e. The summed E-state index contributed by atoms with van der Waals surface area (Å²) >= 11 is 0. The van der Waals surface area contributed by atoms with Crippen LogP contribution in [0.4, 0.5) is 0 Å². The summed E-state index contributed by atoms with van der Waals surface area (Å²) in [7, 11) is 0. The summed E-state index contributed by atoms with van der Waals surface area (Å²) in [5.41, 5.74) is 11.1. The average Bonchev–Trinajstić information content (AvgIpc) is 2.86. The summed E-state index contributed by atoms with van der Waals surface area (Å²) in [6.07, 6.45) is 2.17. The Morgan fingerprint density at radius 2 is 1.44 bits per heavy atom. The summed E-state index contributed by atoms with van der Waals surface area (Å²) in [5, 5.41) is 5.06. The maximum absolute atomic E-state index is 5.06. The maximum Gasteiger partial charge on any atom is 0.0706 e. The number of hydrogen-bond donors (Lipinski definition) is 0. The minimum Gasteiger partial charge on any atom is -0.266 e. The van der Waals surface area contributed by atoms with Crippen molar-refractivity contribution >= 4 is 0 Å². The van der Waals surface area contributed by atoms with E-state index in [1.807, 2.05) is 0 Å². The molecule has 0 saturated heterocycles. The molecule has 0 amide bonds. The standard InChI is InChI=1S/C22H34N2.Pt/c1-10-11-19-21(22(13(2)3)24(23-19)14(4)5)20-17(8)15(6)12-16(7)18(20)9;/h12-14H,10-11H2,1-9H3;. The van der Waals surface area contributed by atoms with Gasteiger partial charge in [-0.3, -0.25) is 4.68 Å². The third-order valence-electron chi connectivity index (χ3n) is 5.16. The van der Waals surface area contributed by atoms with Gasteiger partial charge in [-0.25, -0.2) is 0 Å². The van der Waals surface area contributed by atoms with Crippen molar-refractivity contribution in [1.29, 1.82) is 0 Å². The third-order valence-corrected chi connectivity index (χ3v) is 5.16. The molecule has 25 heavy (non-hydrogen) atoms. The van der Waals surface area contributed by atoms with E-state index < -0.39 is 0 Å². The van der Waals surface area contributed by atoms with E-state index in [9.17, 15) is 0 Å². The molecule has 0 aliphatic carbocycles. The number of hydrogen-bond acceptors (Lipinski definition) is 1. The van der Waals surface area contributed by atoms with Crippen molar-refractivity contribution < 1.29 is 21.1 Å². The average molecular weight is 522 g/mol. The van der Waals surface area contributed by atoms with Crippen molar-refractivity contribution in [3.05, 3.63) is 39.7 Å². The summed E-state index contributed by atoms with van der Waals surface area (Å²) in [6, 6.07) is 2.70. The molecule has 0 radical (unpaired) electrons. The number of nitrogens with zero attached hydrogens (tertiary/aromatic N) is 2. The fourth-order valence-corrected chi connectivity index (χ4v) is 3.72. The van der Waals surface area contributed by atoms with Crippen LogP contribution in [0.2, 0.25) is 0 Å². The molecule has 2 nitrogen and oxygen atoms in total. The van der Waals surface area contributed by atoms with Crippen LogP contribution in [-0.2, 0) is 27.5 Å². The van der Waals surface area contributed by atoms with Gasteiger partial charge in [0.1, 0.15) is 0 Å². The van der Waals surface area contributed by atoms with Crippen molar-refractivity contribution in [3.63, 3.8) is 0 Å². The van der Waals surface area contributed by atoms with Crippen LogP contribution >= 0.6 is 0 Å². The number of aromatic nitrogens is 2. The molecular weight excluding hydrogens is 487 g/mol. The van der Waals surface area contributed by atoms with Gasteiger partial charge >= 0.3 is 0 Å². The van der Waals surface area contributed by atoms with Crippen LogP contribution in [0.3, 0.4) is 0 Å². The normalized spacial score (nSPS) is 11.3. The Hall–Kier alpha value is -0.882. The van der Waals surface area contributed by atoms with Crippen LogP contribution in [0, 0.1) is 27.7 Å². The monoisotopic (exact) mass is 521 g/mol. The van der Waals surface area contributed by atoms with Gasteiger partial charge in [0.05, 0.1) is 5.69 Å². The van der Waals surface area contributed by atoms with Crippen LogP contribution in [0.15, 0.2) is 6.07 Å². The number of aryl methyl sites for hydroxylation is 3. The third kappa shape index (κ3) is 4.10. The molecule has 0 N–H and O–H groups in total. The molecule has 1 heterocycles. The maximum atomic E-state index is 5.06. The Kier molecular flexibility index (Phi) is 7.68. The summed E-state index contributed by atoms with van der Waals surface area (Å²) < 4.78 is 2.27. The van der Waals surface area contributed by atoms with Crippen LogP contribution in [0.25, 0.3) is 11.1 Å². The zero-order chi connectivity index (χ0) is 18.2. The van der Waals surface area contributed by atoms with E-state index in [0.717, 1.165) is 12.8 Å². The van der Waals surface area contributed by atoms with E-state index in [2.05, 4.69) is 73.1 Å². The molecule has 0 bridgehead atoms. The molecule has 2 aromatic rings. The molecule has 0 spiro atoms. The first-order chi connectivity index (χ1) is 11.2. The molecule has 142 valence electrons. The predicted octanol–water partition coefficient (Wildman–Crippen LogP) is 6.44. The van der Waals surface area contributed by atoms with E-state index in [0.29, 0.717) is 12.0 Å². The Balaban J connectivity index is 0.00000312. The van der Waals surface area contributed by atoms with E-state index in [4.69, 9.17) is 5.10 Å². The topological polar surface area (TPSA) is 17.8 Å². The fourth-order valence-electron chi connectivity index (χ4n) is 3.72. The molecule has 0 unspecified atom stereocenters. The SMILES string of the molecule is CCCc1nn(C(C)C)c(C(C)C)c1-c1c(C)c(C)cc(C)c1C.[Pt]. The Labute approximate surface area is 168 Å². The fraction of sp³-hybridized carbons (Fsp3) is 0.591. The van der Waals surface area contributed by atoms with Gasteiger partial charge in [0, 0.05) is 38.4 Å². The molecule has 1 aromatic heterocycles. The first-order valence-electron chi connectivity index (χ1n) is 9.39. The molecule has 3 heteroatoms. The van der Waals surface area contributed by atoms with Gasteiger partial charge in [0.15, 0.2) is 0 Å². The quantitative estimate of drug-likeness (QED) is 0.443. The van der Waals surface area contributed by atoms with E-state index in [1.54, 1.807) is 0 Å². The Morgan fingerprint density at radius 1 is 0.920 bits per heavy atom. The van der Waals surface area contributed by atoms with Gasteiger partial charge in [0.25, 0.3) is 0 Å². The molecule has 0 fully saturated rings. The first-order valence-corrected chi connectivity index (χ1v) is 9.39. The van der Waals surface area contributed by atoms with Crippen molar-refractivity contribution in [2.24, 2.45) is 0 Å². The van der Waals surface area contributed by atoms with Gasteiger partial charge < -0.3 is 0 Å². The van der Waals surface area contributed by atoms with E-state index in [1.165, 1.54) is 44.8 Å². The minimum absolute atomic E-state index is 0. The molecule has 0 aliphatic heterocycles. The number of benzene rings is 1. The first kappa shape index (κ1) is 22.2. The molecule has 0 saturated carbocycles. The molecule has 0 aliphatic rings. The minimum atomic E-state index is 0. The molecular formula is C22H34N2Pt. The van der Waals surface area contributed by atoms with Gasteiger partial charge in [-0.05, 0) is 81.7 Å². The molecule has 0 atom stereocenters.